The molecule has 1 aliphatic rings. The molecule has 34 heavy (non-hydrogen) atoms. The van der Waals surface area contributed by atoms with E-state index in [4.69, 9.17) is 4.74 Å². The van der Waals surface area contributed by atoms with Gasteiger partial charge in [0.25, 0.3) is 0 Å². The van der Waals surface area contributed by atoms with Gasteiger partial charge in [0.2, 0.25) is 5.88 Å². The van der Waals surface area contributed by atoms with Gasteiger partial charge >= 0.3 is 6.18 Å². The van der Waals surface area contributed by atoms with Crippen LogP contribution in [0.4, 0.5) is 19.0 Å². The van der Waals surface area contributed by atoms with Crippen LogP contribution in [0.2, 0.25) is 0 Å². The third kappa shape index (κ3) is 4.80. The highest BCUT2D eigenvalue weighted by Crippen LogP contribution is 2.38. The Hall–Kier alpha value is -2.94. The van der Waals surface area contributed by atoms with Gasteiger partial charge in [-0.05, 0) is 82.9 Å². The normalized spacial score (nSPS) is 16.6. The first-order chi connectivity index (χ1) is 16.1. The fourth-order valence-corrected chi connectivity index (χ4v) is 4.76. The van der Waals surface area contributed by atoms with E-state index in [0.29, 0.717) is 34.7 Å². The molecule has 9 heteroatoms. The average Bonchev–Trinajstić information content (AvgIpc) is 2.78. The lowest BCUT2D eigenvalue weighted by atomic mass is 9.89. The second-order valence-corrected chi connectivity index (χ2v) is 9.04. The smallest absolute Gasteiger partial charge is 0.416 e. The number of pyridine rings is 1. The van der Waals surface area contributed by atoms with Crippen molar-refractivity contribution in [1.82, 2.24) is 19.9 Å². The summed E-state index contributed by atoms with van der Waals surface area (Å²) in [6.07, 6.45) is -2.41. The first kappa shape index (κ1) is 24.2. The van der Waals surface area contributed by atoms with E-state index < -0.39 is 17.8 Å². The number of aryl methyl sites for hydroxylation is 1. The van der Waals surface area contributed by atoms with Gasteiger partial charge in [0, 0.05) is 5.56 Å². The number of methoxy groups -OCH3 is 1. The van der Waals surface area contributed by atoms with Crippen LogP contribution in [0.5, 0.6) is 5.88 Å². The third-order valence-electron chi connectivity index (χ3n) is 6.64. The molecule has 1 aliphatic heterocycles. The van der Waals surface area contributed by atoms with E-state index >= 15 is 0 Å². The number of aromatic nitrogens is 3. The molecule has 1 N–H and O–H groups in total. The highest BCUT2D eigenvalue weighted by Gasteiger charge is 2.33. The van der Waals surface area contributed by atoms with E-state index in [2.05, 4.69) is 32.2 Å². The fraction of sp³-hybridized carbons (Fsp3) is 0.480. The molecule has 1 fully saturated rings. The van der Waals surface area contributed by atoms with Crippen molar-refractivity contribution in [1.29, 1.82) is 0 Å². The largest absolute Gasteiger partial charge is 0.481 e. The predicted octanol–water partition coefficient (Wildman–Crippen LogP) is 5.65. The molecule has 4 rings (SSSR count). The topological polar surface area (TPSA) is 63.2 Å². The first-order valence-corrected chi connectivity index (χ1v) is 11.4. The molecule has 1 aromatic carbocycles. The van der Waals surface area contributed by atoms with Crippen LogP contribution in [0.15, 0.2) is 24.3 Å². The van der Waals surface area contributed by atoms with Crippen molar-refractivity contribution < 1.29 is 17.9 Å². The summed E-state index contributed by atoms with van der Waals surface area (Å²) in [6.45, 7) is 7.09. The monoisotopic (exact) mass is 473 g/mol. The number of hydrogen-bond acceptors (Lipinski definition) is 6. The maximum absolute atomic E-state index is 13.4. The number of ether oxygens (including phenoxy) is 1. The van der Waals surface area contributed by atoms with E-state index in [1.165, 1.54) is 13.0 Å². The molecule has 3 heterocycles. The summed E-state index contributed by atoms with van der Waals surface area (Å²) in [5.74, 6) is 1.94. The minimum Gasteiger partial charge on any atom is -0.481 e. The summed E-state index contributed by atoms with van der Waals surface area (Å²) in [5.41, 5.74) is 1.66. The predicted molar refractivity (Wildman–Crippen MR) is 126 cm³/mol. The standard InChI is InChI=1S/C25H30F3N5O/c1-14-18(7-6-8-21(14)25(26,27)28)15(2)29-22-20-13-19(17-9-11-33(4)12-10-17)24(34-5)32-23(20)31-16(3)30-22/h6-8,13,15,17H,9-12H2,1-5H3,(H,29,30,31,32)/t15-/m1/s1. The fourth-order valence-electron chi connectivity index (χ4n) is 4.76. The number of nitrogens with zero attached hydrogens (tertiary/aromatic N) is 4. The van der Waals surface area contributed by atoms with Crippen molar-refractivity contribution in [2.45, 2.75) is 51.7 Å². The summed E-state index contributed by atoms with van der Waals surface area (Å²) in [6, 6.07) is 5.89. The van der Waals surface area contributed by atoms with Crippen LogP contribution in [0.25, 0.3) is 11.0 Å². The molecule has 0 unspecified atom stereocenters. The van der Waals surface area contributed by atoms with Crippen molar-refractivity contribution in [3.8, 4) is 5.88 Å². The van der Waals surface area contributed by atoms with Crippen LogP contribution in [-0.4, -0.2) is 47.1 Å². The van der Waals surface area contributed by atoms with E-state index in [1.54, 1.807) is 20.1 Å². The van der Waals surface area contributed by atoms with Gasteiger partial charge in [0.15, 0.2) is 5.65 Å². The second kappa shape index (κ2) is 9.37. The van der Waals surface area contributed by atoms with Gasteiger partial charge in [-0.1, -0.05) is 12.1 Å². The van der Waals surface area contributed by atoms with E-state index in [1.807, 2.05) is 13.0 Å². The molecule has 0 amide bonds. The number of rotatable bonds is 5. The van der Waals surface area contributed by atoms with Crippen molar-refractivity contribution in [3.63, 3.8) is 0 Å². The molecule has 1 atom stereocenters. The Morgan fingerprint density at radius 2 is 1.82 bits per heavy atom. The summed E-state index contributed by atoms with van der Waals surface area (Å²) in [5, 5.41) is 4.06. The number of likely N-dealkylation sites (tertiary alicyclic amines) is 1. The van der Waals surface area contributed by atoms with E-state index in [0.717, 1.165) is 42.9 Å². The molecule has 0 saturated carbocycles. The Kier molecular flexibility index (Phi) is 6.66. The molecule has 2 aromatic heterocycles. The minimum atomic E-state index is -4.40. The Balaban J connectivity index is 1.75. The van der Waals surface area contributed by atoms with Crippen molar-refractivity contribution in [2.24, 2.45) is 0 Å². The van der Waals surface area contributed by atoms with Crippen LogP contribution in [0.3, 0.4) is 0 Å². The number of piperidine rings is 1. The Labute approximate surface area is 197 Å². The average molecular weight is 474 g/mol. The third-order valence-corrected chi connectivity index (χ3v) is 6.64. The number of anilines is 1. The molecule has 0 radical (unpaired) electrons. The Morgan fingerprint density at radius 1 is 1.12 bits per heavy atom. The Morgan fingerprint density at radius 3 is 2.47 bits per heavy atom. The van der Waals surface area contributed by atoms with Gasteiger partial charge in [-0.3, -0.25) is 0 Å². The van der Waals surface area contributed by atoms with Gasteiger partial charge < -0.3 is 15.0 Å². The molecule has 3 aromatic rings. The van der Waals surface area contributed by atoms with Crippen LogP contribution in [-0.2, 0) is 6.18 Å². The van der Waals surface area contributed by atoms with Crippen molar-refractivity contribution >= 4 is 16.9 Å². The molecule has 0 aliphatic carbocycles. The zero-order valence-corrected chi connectivity index (χ0v) is 20.1. The molecule has 0 spiro atoms. The number of alkyl halides is 3. The molecule has 1 saturated heterocycles. The lowest BCUT2D eigenvalue weighted by molar-refractivity contribution is -0.138. The van der Waals surface area contributed by atoms with Crippen molar-refractivity contribution in [3.05, 3.63) is 52.3 Å². The number of benzene rings is 1. The summed E-state index contributed by atoms with van der Waals surface area (Å²) in [4.78, 5) is 16.1. The van der Waals surface area contributed by atoms with Crippen LogP contribution >= 0.6 is 0 Å². The Bertz CT molecular complexity index is 1190. The molecular formula is C25H30F3N5O. The lowest BCUT2D eigenvalue weighted by Crippen LogP contribution is -2.29. The molecule has 0 bridgehead atoms. The SMILES string of the molecule is COc1nc2nc(C)nc(N[C@H](C)c3cccc(C(F)(F)F)c3C)c2cc1C1CCN(C)CC1. The highest BCUT2D eigenvalue weighted by atomic mass is 19.4. The van der Waals surface area contributed by atoms with Crippen molar-refractivity contribution in [2.75, 3.05) is 32.6 Å². The first-order valence-electron chi connectivity index (χ1n) is 11.4. The van der Waals surface area contributed by atoms with Crippen LogP contribution in [0, 0.1) is 13.8 Å². The van der Waals surface area contributed by atoms with Gasteiger partial charge in [0.1, 0.15) is 11.6 Å². The van der Waals surface area contributed by atoms with E-state index in [-0.39, 0.29) is 5.56 Å². The number of fused-ring (bicyclic) bond motifs is 1. The summed E-state index contributed by atoms with van der Waals surface area (Å²) < 4.78 is 45.9. The number of hydrogen-bond donors (Lipinski definition) is 1. The molecular weight excluding hydrogens is 443 g/mol. The summed E-state index contributed by atoms with van der Waals surface area (Å²) in [7, 11) is 3.72. The van der Waals surface area contributed by atoms with Crippen LogP contribution in [0.1, 0.15) is 59.8 Å². The number of halogens is 3. The van der Waals surface area contributed by atoms with Gasteiger partial charge in [-0.15, -0.1) is 0 Å². The number of nitrogens with one attached hydrogen (secondary N) is 1. The second-order valence-electron chi connectivity index (χ2n) is 9.04. The summed E-state index contributed by atoms with van der Waals surface area (Å²) >= 11 is 0. The van der Waals surface area contributed by atoms with E-state index in [9.17, 15) is 13.2 Å². The van der Waals surface area contributed by atoms with Gasteiger partial charge in [-0.2, -0.15) is 18.2 Å². The molecule has 6 nitrogen and oxygen atoms in total. The van der Waals surface area contributed by atoms with Gasteiger partial charge in [-0.25, -0.2) is 9.97 Å². The zero-order chi connectivity index (χ0) is 24.6. The quantitative estimate of drug-likeness (QED) is 0.517. The minimum absolute atomic E-state index is 0.205. The zero-order valence-electron chi connectivity index (χ0n) is 20.1. The highest BCUT2D eigenvalue weighted by molar-refractivity contribution is 5.88. The maximum atomic E-state index is 13.4. The maximum Gasteiger partial charge on any atom is 0.416 e. The van der Waals surface area contributed by atoms with Gasteiger partial charge in [0.05, 0.1) is 24.1 Å². The molecule has 182 valence electrons. The van der Waals surface area contributed by atoms with Crippen LogP contribution < -0.4 is 10.1 Å². The lowest BCUT2D eigenvalue weighted by Gasteiger charge is -2.30.